The van der Waals surface area contributed by atoms with Gasteiger partial charge in [0.05, 0.1) is 19.9 Å². The lowest BCUT2D eigenvalue weighted by molar-refractivity contribution is -0.117. The molecule has 2 N–H and O–H groups in total. The normalized spacial score (nSPS) is 15.0. The lowest BCUT2D eigenvalue weighted by Gasteiger charge is -2.17. The van der Waals surface area contributed by atoms with Crippen LogP contribution in [0, 0.1) is 0 Å². The van der Waals surface area contributed by atoms with Gasteiger partial charge in [0, 0.05) is 24.4 Å². The Kier molecular flexibility index (Phi) is 3.95. The molecular formula is C18H20N6O2. The number of nitrogens with two attached hydrogens (primary N) is 1. The molecule has 1 fully saturated rings. The topological polar surface area (TPSA) is 101 Å². The summed E-state index contributed by atoms with van der Waals surface area (Å²) < 4.78 is 9.32. The van der Waals surface area contributed by atoms with Gasteiger partial charge in [0.25, 0.3) is 0 Å². The summed E-state index contributed by atoms with van der Waals surface area (Å²) in [7, 11) is 1.62. The summed E-state index contributed by atoms with van der Waals surface area (Å²) >= 11 is 0. The molecule has 2 aromatic heterocycles. The molecule has 2 heterocycles. The summed E-state index contributed by atoms with van der Waals surface area (Å²) in [4.78, 5) is 20.2. The van der Waals surface area contributed by atoms with E-state index in [4.69, 9.17) is 10.5 Å². The van der Waals surface area contributed by atoms with E-state index < -0.39 is 5.91 Å². The van der Waals surface area contributed by atoms with Gasteiger partial charge in [-0.1, -0.05) is 12.1 Å². The summed E-state index contributed by atoms with van der Waals surface area (Å²) in [5.74, 6) is 1.50. The highest BCUT2D eigenvalue weighted by Gasteiger charge is 2.49. The SMILES string of the molecule is COc1ccccc1-n1nc(CC(N)=O)nc1C1(Cn2ccnc2)CC1. The number of hydrogen-bond donors (Lipinski definition) is 1. The zero-order valence-electron chi connectivity index (χ0n) is 14.5. The molecular weight excluding hydrogens is 332 g/mol. The van der Waals surface area contributed by atoms with E-state index in [1.165, 1.54) is 0 Å². The van der Waals surface area contributed by atoms with Gasteiger partial charge in [0.2, 0.25) is 5.91 Å². The molecule has 1 aliphatic carbocycles. The van der Waals surface area contributed by atoms with Gasteiger partial charge in [-0.25, -0.2) is 14.6 Å². The maximum absolute atomic E-state index is 11.4. The maximum atomic E-state index is 11.4. The summed E-state index contributed by atoms with van der Waals surface area (Å²) in [5, 5.41) is 4.56. The fourth-order valence-corrected chi connectivity index (χ4v) is 3.23. The highest BCUT2D eigenvalue weighted by Crippen LogP contribution is 2.49. The van der Waals surface area contributed by atoms with Crippen LogP contribution < -0.4 is 10.5 Å². The monoisotopic (exact) mass is 352 g/mol. The number of carbonyl (C=O) groups is 1. The number of methoxy groups -OCH3 is 1. The number of hydrogen-bond acceptors (Lipinski definition) is 5. The minimum atomic E-state index is -0.451. The number of imidazole rings is 1. The minimum Gasteiger partial charge on any atom is -0.494 e. The van der Waals surface area contributed by atoms with Crippen LogP contribution in [0.3, 0.4) is 0 Å². The van der Waals surface area contributed by atoms with E-state index >= 15 is 0 Å². The number of aromatic nitrogens is 5. The van der Waals surface area contributed by atoms with E-state index in [9.17, 15) is 4.79 Å². The molecule has 8 nitrogen and oxygen atoms in total. The second-order valence-electron chi connectivity index (χ2n) is 6.59. The average Bonchev–Trinajstić information content (AvgIpc) is 3.03. The van der Waals surface area contributed by atoms with Crippen LogP contribution in [0.25, 0.3) is 5.69 Å². The Morgan fingerprint density at radius 3 is 2.81 bits per heavy atom. The van der Waals surface area contributed by atoms with E-state index in [0.29, 0.717) is 11.6 Å². The molecule has 0 aliphatic heterocycles. The van der Waals surface area contributed by atoms with Crippen molar-refractivity contribution in [1.29, 1.82) is 0 Å². The van der Waals surface area contributed by atoms with Crippen molar-refractivity contribution in [2.45, 2.75) is 31.2 Å². The fourth-order valence-electron chi connectivity index (χ4n) is 3.23. The number of para-hydroxylation sites is 2. The summed E-state index contributed by atoms with van der Waals surface area (Å²) in [6, 6.07) is 7.64. The van der Waals surface area contributed by atoms with Crippen LogP contribution in [-0.4, -0.2) is 37.3 Å². The molecule has 0 unspecified atom stereocenters. The van der Waals surface area contributed by atoms with Gasteiger partial charge in [-0.05, 0) is 25.0 Å². The Bertz CT molecular complexity index is 927. The van der Waals surface area contributed by atoms with Crippen molar-refractivity contribution in [2.75, 3.05) is 7.11 Å². The number of primary amides is 1. The first-order valence-corrected chi connectivity index (χ1v) is 8.45. The van der Waals surface area contributed by atoms with Crippen LogP contribution in [0.2, 0.25) is 0 Å². The predicted molar refractivity (Wildman–Crippen MR) is 93.9 cm³/mol. The number of benzene rings is 1. The van der Waals surface area contributed by atoms with Crippen molar-refractivity contribution >= 4 is 5.91 Å². The summed E-state index contributed by atoms with van der Waals surface area (Å²) in [6.45, 7) is 0.761. The number of amides is 1. The number of carbonyl (C=O) groups excluding carboxylic acids is 1. The zero-order valence-corrected chi connectivity index (χ0v) is 14.5. The molecule has 4 rings (SSSR count). The Balaban J connectivity index is 1.80. The molecule has 0 radical (unpaired) electrons. The van der Waals surface area contributed by atoms with Crippen molar-refractivity contribution < 1.29 is 9.53 Å². The maximum Gasteiger partial charge on any atom is 0.225 e. The third-order valence-corrected chi connectivity index (χ3v) is 4.67. The van der Waals surface area contributed by atoms with Gasteiger partial charge >= 0.3 is 0 Å². The van der Waals surface area contributed by atoms with E-state index in [2.05, 4.69) is 15.1 Å². The first-order chi connectivity index (χ1) is 12.6. The first kappa shape index (κ1) is 16.3. The molecule has 26 heavy (non-hydrogen) atoms. The Morgan fingerprint density at radius 2 is 2.15 bits per heavy atom. The van der Waals surface area contributed by atoms with Gasteiger partial charge in [-0.15, -0.1) is 0 Å². The molecule has 0 spiro atoms. The van der Waals surface area contributed by atoms with E-state index in [1.807, 2.05) is 35.0 Å². The molecule has 3 aromatic rings. The van der Waals surface area contributed by atoms with Crippen molar-refractivity contribution in [3.05, 3.63) is 54.6 Å². The van der Waals surface area contributed by atoms with Gasteiger partial charge < -0.3 is 15.0 Å². The highest BCUT2D eigenvalue weighted by molar-refractivity contribution is 5.75. The molecule has 8 heteroatoms. The highest BCUT2D eigenvalue weighted by atomic mass is 16.5. The van der Waals surface area contributed by atoms with Gasteiger partial charge in [-0.2, -0.15) is 5.10 Å². The third-order valence-electron chi connectivity index (χ3n) is 4.67. The minimum absolute atomic E-state index is 0.0102. The molecule has 0 saturated heterocycles. The first-order valence-electron chi connectivity index (χ1n) is 8.45. The smallest absolute Gasteiger partial charge is 0.225 e. The zero-order chi connectivity index (χ0) is 18.1. The van der Waals surface area contributed by atoms with Crippen LogP contribution in [0.4, 0.5) is 0 Å². The molecule has 1 aromatic carbocycles. The van der Waals surface area contributed by atoms with Gasteiger partial charge in [-0.3, -0.25) is 4.79 Å². The predicted octanol–water partition coefficient (Wildman–Crippen LogP) is 1.23. The lowest BCUT2D eigenvalue weighted by atomic mass is 10.1. The van der Waals surface area contributed by atoms with Crippen LogP contribution in [0.1, 0.15) is 24.5 Å². The van der Waals surface area contributed by atoms with E-state index in [1.54, 1.807) is 24.3 Å². The fraction of sp³-hybridized carbons (Fsp3) is 0.333. The van der Waals surface area contributed by atoms with Crippen molar-refractivity contribution in [2.24, 2.45) is 5.73 Å². The molecule has 1 amide bonds. The molecule has 0 atom stereocenters. The quantitative estimate of drug-likeness (QED) is 0.689. The van der Waals surface area contributed by atoms with Crippen molar-refractivity contribution in [3.63, 3.8) is 0 Å². The Hall–Kier alpha value is -3.16. The van der Waals surface area contributed by atoms with Crippen LogP contribution in [0.15, 0.2) is 43.0 Å². The van der Waals surface area contributed by atoms with Crippen LogP contribution in [-0.2, 0) is 23.2 Å². The third kappa shape index (κ3) is 2.94. The number of rotatable bonds is 7. The molecule has 134 valence electrons. The number of ether oxygens (including phenoxy) is 1. The largest absolute Gasteiger partial charge is 0.494 e. The van der Waals surface area contributed by atoms with Gasteiger partial charge in [0.1, 0.15) is 17.3 Å². The molecule has 0 bridgehead atoms. The second-order valence-corrected chi connectivity index (χ2v) is 6.59. The van der Waals surface area contributed by atoms with Crippen molar-refractivity contribution in [1.82, 2.24) is 24.3 Å². The average molecular weight is 352 g/mol. The summed E-state index contributed by atoms with van der Waals surface area (Å²) in [6.07, 6.45) is 7.50. The van der Waals surface area contributed by atoms with E-state index in [-0.39, 0.29) is 11.8 Å². The molecule has 1 aliphatic rings. The summed E-state index contributed by atoms with van der Waals surface area (Å²) in [5.41, 5.74) is 6.01. The van der Waals surface area contributed by atoms with Crippen LogP contribution in [0.5, 0.6) is 5.75 Å². The van der Waals surface area contributed by atoms with Crippen LogP contribution >= 0.6 is 0 Å². The van der Waals surface area contributed by atoms with E-state index in [0.717, 1.165) is 30.9 Å². The number of nitrogens with zero attached hydrogens (tertiary/aromatic N) is 5. The second kappa shape index (κ2) is 6.29. The van der Waals surface area contributed by atoms with Crippen molar-refractivity contribution in [3.8, 4) is 11.4 Å². The Morgan fingerprint density at radius 1 is 1.35 bits per heavy atom. The lowest BCUT2D eigenvalue weighted by Crippen LogP contribution is -2.21. The van der Waals surface area contributed by atoms with Gasteiger partial charge in [0.15, 0.2) is 5.82 Å². The standard InChI is InChI=1S/C18H20N6O2/c1-26-14-5-3-2-4-13(14)24-17(21-16(22-24)10-15(19)25)18(6-7-18)11-23-9-8-20-12-23/h2-5,8-9,12H,6-7,10-11H2,1H3,(H2,19,25). The molecule has 1 saturated carbocycles. The Labute approximate surface area is 150 Å².